The third kappa shape index (κ3) is 3.58. The molecule has 2 heterocycles. The van der Waals surface area contributed by atoms with Crippen molar-refractivity contribution in [2.75, 3.05) is 6.54 Å². The lowest BCUT2D eigenvalue weighted by atomic mass is 9.85. The Morgan fingerprint density at radius 2 is 2.04 bits per heavy atom. The maximum Gasteiger partial charge on any atom is 0.249 e. The predicted octanol–water partition coefficient (Wildman–Crippen LogP) is 0.824. The Labute approximate surface area is 147 Å². The molecule has 3 aliphatic rings. The molecule has 0 aromatic carbocycles. The third-order valence-electron chi connectivity index (χ3n) is 5.47. The van der Waals surface area contributed by atoms with Crippen molar-refractivity contribution in [3.05, 3.63) is 0 Å². The number of hydrogen-bond donors (Lipinski definition) is 3. The molecule has 3 unspecified atom stereocenters. The van der Waals surface area contributed by atoms with E-state index < -0.39 is 12.1 Å². The number of hydrogen-bond acceptors (Lipinski definition) is 5. The molecule has 7 heteroatoms. The van der Waals surface area contributed by atoms with Gasteiger partial charge in [-0.05, 0) is 45.4 Å². The number of amides is 2. The van der Waals surface area contributed by atoms with Crippen molar-refractivity contribution in [3.8, 4) is 0 Å². The molecule has 0 aromatic heterocycles. The summed E-state index contributed by atoms with van der Waals surface area (Å²) in [7, 11) is 0. The van der Waals surface area contributed by atoms with Crippen LogP contribution in [0.25, 0.3) is 0 Å². The fourth-order valence-corrected chi connectivity index (χ4v) is 5.53. The van der Waals surface area contributed by atoms with E-state index in [-0.39, 0.29) is 34.0 Å². The number of rotatable bonds is 3. The summed E-state index contributed by atoms with van der Waals surface area (Å²) in [5, 5.41) is 12.8. The quantitative estimate of drug-likeness (QED) is 0.652. The highest BCUT2D eigenvalue weighted by Gasteiger charge is 2.56. The lowest BCUT2D eigenvalue weighted by molar-refractivity contribution is -0.148. The smallest absolute Gasteiger partial charge is 0.249 e. The van der Waals surface area contributed by atoms with Crippen molar-refractivity contribution < 1.29 is 14.7 Å². The van der Waals surface area contributed by atoms with Crippen molar-refractivity contribution in [3.63, 3.8) is 0 Å². The van der Waals surface area contributed by atoms with E-state index >= 15 is 0 Å². The molecule has 3 fully saturated rings. The Balaban J connectivity index is 1.55. The second-order valence-corrected chi connectivity index (χ2v) is 9.85. The minimum Gasteiger partial charge on any atom is -0.393 e. The van der Waals surface area contributed by atoms with Gasteiger partial charge in [0.05, 0.1) is 12.1 Å². The van der Waals surface area contributed by atoms with E-state index in [1.54, 1.807) is 11.8 Å². The molecule has 136 valence electrons. The molecule has 2 saturated heterocycles. The van der Waals surface area contributed by atoms with E-state index in [2.05, 4.69) is 19.2 Å². The van der Waals surface area contributed by atoms with Gasteiger partial charge in [0.15, 0.2) is 0 Å². The Morgan fingerprint density at radius 1 is 1.33 bits per heavy atom. The molecule has 0 spiro atoms. The summed E-state index contributed by atoms with van der Waals surface area (Å²) in [5.41, 5.74) is 6.20. The summed E-state index contributed by atoms with van der Waals surface area (Å²) in [5.74, 6) is -0.135. The standard InChI is InChI=1S/C17H29N3O3S/c1-17(2)9-20-15(23)13(16(20)24-17)19-14(22)12(18)10-5-3-4-6-11(21)8-7-10/h10-13,16,21H,3-9,18H2,1-2H3,(H,19,22)/t10?,11?,12?,13-,16-/m1/s1. The average Bonchev–Trinajstić information content (AvgIpc) is 2.80. The van der Waals surface area contributed by atoms with Crippen molar-refractivity contribution >= 4 is 23.6 Å². The van der Waals surface area contributed by atoms with Gasteiger partial charge in [-0.1, -0.05) is 12.8 Å². The van der Waals surface area contributed by atoms with Crippen molar-refractivity contribution in [1.82, 2.24) is 10.2 Å². The van der Waals surface area contributed by atoms with E-state index in [1.165, 1.54) is 0 Å². The minimum absolute atomic E-state index is 0.00622. The first-order valence-corrected chi connectivity index (χ1v) is 9.89. The lowest BCUT2D eigenvalue weighted by Gasteiger charge is -2.42. The summed E-state index contributed by atoms with van der Waals surface area (Å²) in [6.07, 6.45) is 4.93. The van der Waals surface area contributed by atoms with Gasteiger partial charge in [-0.3, -0.25) is 9.59 Å². The third-order valence-corrected chi connectivity index (χ3v) is 7.01. The molecule has 0 aromatic rings. The SMILES string of the molecule is CC1(C)CN2C(=O)[C@@H](NC(=O)C(N)C3CCCCC(O)CC3)[C@H]2S1. The first kappa shape index (κ1) is 18.0. The minimum atomic E-state index is -0.600. The van der Waals surface area contributed by atoms with Crippen LogP contribution in [-0.4, -0.2) is 56.7 Å². The van der Waals surface area contributed by atoms with Crippen LogP contribution in [0, 0.1) is 5.92 Å². The van der Waals surface area contributed by atoms with E-state index in [0.717, 1.165) is 38.6 Å². The van der Waals surface area contributed by atoms with E-state index in [1.807, 2.05) is 4.90 Å². The summed E-state index contributed by atoms with van der Waals surface area (Å²) < 4.78 is 0.0393. The van der Waals surface area contributed by atoms with Crippen molar-refractivity contribution in [2.24, 2.45) is 11.7 Å². The number of aliphatic hydroxyl groups is 1. The van der Waals surface area contributed by atoms with Gasteiger partial charge in [0, 0.05) is 11.3 Å². The predicted molar refractivity (Wildman–Crippen MR) is 94.3 cm³/mol. The molecule has 5 atom stereocenters. The first-order valence-electron chi connectivity index (χ1n) is 9.01. The van der Waals surface area contributed by atoms with Crippen LogP contribution in [0.3, 0.4) is 0 Å². The van der Waals surface area contributed by atoms with Crippen LogP contribution in [0.1, 0.15) is 52.4 Å². The molecular weight excluding hydrogens is 326 g/mol. The largest absolute Gasteiger partial charge is 0.393 e. The number of aliphatic hydroxyl groups excluding tert-OH is 1. The van der Waals surface area contributed by atoms with Gasteiger partial charge in [-0.15, -0.1) is 11.8 Å². The Kier molecular flexibility index (Phi) is 5.14. The maximum atomic E-state index is 12.5. The molecular formula is C17H29N3O3S. The highest BCUT2D eigenvalue weighted by molar-refractivity contribution is 8.01. The molecule has 2 amide bonds. The average molecular weight is 356 g/mol. The molecule has 24 heavy (non-hydrogen) atoms. The van der Waals surface area contributed by atoms with E-state index in [9.17, 15) is 14.7 Å². The normalized spacial score (nSPS) is 37.0. The summed E-state index contributed by atoms with van der Waals surface area (Å²) in [6.45, 7) is 4.97. The van der Waals surface area contributed by atoms with Crippen LogP contribution >= 0.6 is 11.8 Å². The number of fused-ring (bicyclic) bond motifs is 1. The second kappa shape index (κ2) is 6.84. The summed E-state index contributed by atoms with van der Waals surface area (Å²) in [6, 6.07) is -1.04. The molecule has 0 bridgehead atoms. The highest BCUT2D eigenvalue weighted by atomic mass is 32.2. The monoisotopic (exact) mass is 355 g/mol. The molecule has 4 N–H and O–H groups in total. The van der Waals surface area contributed by atoms with Crippen LogP contribution in [0.4, 0.5) is 0 Å². The van der Waals surface area contributed by atoms with E-state index in [4.69, 9.17) is 5.73 Å². The van der Waals surface area contributed by atoms with Gasteiger partial charge in [-0.25, -0.2) is 0 Å². The zero-order valence-electron chi connectivity index (χ0n) is 14.5. The van der Waals surface area contributed by atoms with Gasteiger partial charge >= 0.3 is 0 Å². The van der Waals surface area contributed by atoms with Gasteiger partial charge in [0.1, 0.15) is 11.4 Å². The van der Waals surface area contributed by atoms with Gasteiger partial charge < -0.3 is 21.1 Å². The van der Waals surface area contributed by atoms with Crippen LogP contribution in [0.5, 0.6) is 0 Å². The number of nitrogens with zero attached hydrogens (tertiary/aromatic N) is 1. The van der Waals surface area contributed by atoms with E-state index in [0.29, 0.717) is 6.42 Å². The Hall–Kier alpha value is -0.790. The highest BCUT2D eigenvalue weighted by Crippen LogP contribution is 2.46. The molecule has 3 rings (SSSR count). The summed E-state index contributed by atoms with van der Waals surface area (Å²) in [4.78, 5) is 26.6. The number of carbonyl (C=O) groups excluding carboxylic acids is 2. The van der Waals surface area contributed by atoms with Gasteiger partial charge in [0.25, 0.3) is 0 Å². The molecule has 1 aliphatic carbocycles. The fourth-order valence-electron chi connectivity index (χ4n) is 4.04. The summed E-state index contributed by atoms with van der Waals surface area (Å²) >= 11 is 1.74. The van der Waals surface area contributed by atoms with Crippen molar-refractivity contribution in [1.29, 1.82) is 0 Å². The zero-order chi connectivity index (χ0) is 17.5. The van der Waals surface area contributed by atoms with Crippen LogP contribution in [0.15, 0.2) is 0 Å². The Morgan fingerprint density at radius 3 is 2.79 bits per heavy atom. The van der Waals surface area contributed by atoms with Gasteiger partial charge in [-0.2, -0.15) is 0 Å². The molecule has 0 radical (unpaired) electrons. The zero-order valence-corrected chi connectivity index (χ0v) is 15.3. The topological polar surface area (TPSA) is 95.7 Å². The number of nitrogens with one attached hydrogen (secondary N) is 1. The number of carbonyl (C=O) groups is 2. The van der Waals surface area contributed by atoms with Gasteiger partial charge in [0.2, 0.25) is 11.8 Å². The fraction of sp³-hybridized carbons (Fsp3) is 0.882. The maximum absolute atomic E-state index is 12.5. The molecule has 1 saturated carbocycles. The number of β-lactam (4-membered cyclic amide) rings is 1. The first-order chi connectivity index (χ1) is 11.3. The number of thioether (sulfide) groups is 1. The number of nitrogens with two attached hydrogens (primary N) is 1. The Bertz CT molecular complexity index is 513. The molecule has 6 nitrogen and oxygen atoms in total. The van der Waals surface area contributed by atoms with Crippen LogP contribution < -0.4 is 11.1 Å². The van der Waals surface area contributed by atoms with Crippen LogP contribution in [-0.2, 0) is 9.59 Å². The lowest BCUT2D eigenvalue weighted by Crippen LogP contribution is -2.68. The second-order valence-electron chi connectivity index (χ2n) is 8.02. The molecule has 2 aliphatic heterocycles. The van der Waals surface area contributed by atoms with Crippen molar-refractivity contribution in [2.45, 2.75) is 80.7 Å². The van der Waals surface area contributed by atoms with Crippen LogP contribution in [0.2, 0.25) is 0 Å².